The molecule has 0 atom stereocenters. The Hall–Kier alpha value is -4.33. The van der Waals surface area contributed by atoms with E-state index in [1.807, 2.05) is 36.4 Å². The van der Waals surface area contributed by atoms with Crippen LogP contribution in [0.3, 0.4) is 0 Å². The van der Waals surface area contributed by atoms with Gasteiger partial charge in [-0.05, 0) is 29.7 Å². The normalized spacial score (nSPS) is 10.8. The molecule has 0 aliphatic rings. The van der Waals surface area contributed by atoms with Crippen molar-refractivity contribution in [2.24, 2.45) is 0 Å². The first kappa shape index (κ1) is 21.9. The molecule has 8 nitrogen and oxygen atoms in total. The highest BCUT2D eigenvalue weighted by Gasteiger charge is 2.15. The number of carbonyl (C=O) groups is 1. The molecule has 1 aromatic heterocycles. The molecule has 0 bridgehead atoms. The smallest absolute Gasteiger partial charge is 0.269 e. The summed E-state index contributed by atoms with van der Waals surface area (Å²) in [7, 11) is 0. The van der Waals surface area contributed by atoms with Crippen LogP contribution in [0.2, 0.25) is 0 Å². The van der Waals surface area contributed by atoms with Crippen LogP contribution in [0.15, 0.2) is 91.3 Å². The van der Waals surface area contributed by atoms with Crippen molar-refractivity contribution in [3.8, 4) is 11.4 Å². The summed E-state index contributed by atoms with van der Waals surface area (Å²) in [5.41, 5.74) is 3.07. The van der Waals surface area contributed by atoms with Gasteiger partial charge in [-0.1, -0.05) is 60.7 Å². The molecular weight excluding hydrogens is 418 g/mol. The number of nitrogens with zero attached hydrogens (tertiary/aromatic N) is 4. The van der Waals surface area contributed by atoms with Crippen LogP contribution in [0.1, 0.15) is 23.5 Å². The third-order valence-electron chi connectivity index (χ3n) is 5.34. The molecule has 1 heterocycles. The Morgan fingerprint density at radius 1 is 0.939 bits per heavy atom. The molecule has 0 aliphatic carbocycles. The number of aromatic nitrogens is 3. The van der Waals surface area contributed by atoms with Gasteiger partial charge in [0.1, 0.15) is 12.9 Å². The van der Waals surface area contributed by atoms with E-state index < -0.39 is 4.92 Å². The summed E-state index contributed by atoms with van der Waals surface area (Å²) in [5, 5.41) is 18.1. The molecule has 1 N–H and O–H groups in total. The fourth-order valence-corrected chi connectivity index (χ4v) is 3.69. The van der Waals surface area contributed by atoms with Crippen LogP contribution in [0.5, 0.6) is 0 Å². The third kappa shape index (κ3) is 5.68. The Bertz CT molecular complexity index is 1170. The minimum atomic E-state index is -0.458. The van der Waals surface area contributed by atoms with Crippen molar-refractivity contribution < 1.29 is 9.72 Å². The fraction of sp³-hybridized carbons (Fsp3) is 0.160. The molecule has 3 aromatic carbocycles. The zero-order valence-electron chi connectivity index (χ0n) is 17.9. The maximum absolute atomic E-state index is 12.5. The molecular formula is C25H23N5O3. The Kier molecular flexibility index (Phi) is 6.84. The monoisotopic (exact) mass is 441 g/mol. The molecule has 0 saturated carbocycles. The lowest BCUT2D eigenvalue weighted by Crippen LogP contribution is -2.29. The standard InChI is InChI=1S/C25H23N5O3/c31-24(17-29-18-27-25(28-29)21-11-13-22(14-12-21)30(32)33)26-16-15-23(19-7-3-1-4-8-19)20-9-5-2-6-10-20/h1-14,18,23H,15-17H2,(H,26,31). The van der Waals surface area contributed by atoms with E-state index in [0.29, 0.717) is 17.9 Å². The average molecular weight is 441 g/mol. The lowest BCUT2D eigenvalue weighted by Gasteiger charge is -2.18. The molecule has 166 valence electrons. The first-order chi connectivity index (χ1) is 16.1. The second kappa shape index (κ2) is 10.3. The van der Waals surface area contributed by atoms with E-state index in [1.165, 1.54) is 34.3 Å². The van der Waals surface area contributed by atoms with Gasteiger partial charge in [0.05, 0.1) is 4.92 Å². The number of benzene rings is 3. The summed E-state index contributed by atoms with van der Waals surface area (Å²) in [6, 6.07) is 26.5. The lowest BCUT2D eigenvalue weighted by molar-refractivity contribution is -0.384. The number of rotatable bonds is 9. The molecule has 0 radical (unpaired) electrons. The van der Waals surface area contributed by atoms with Crippen molar-refractivity contribution in [1.29, 1.82) is 0 Å². The van der Waals surface area contributed by atoms with E-state index in [9.17, 15) is 14.9 Å². The summed E-state index contributed by atoms with van der Waals surface area (Å²) in [4.78, 5) is 27.0. The van der Waals surface area contributed by atoms with Crippen LogP contribution < -0.4 is 5.32 Å². The number of nitro benzene ring substituents is 1. The second-order valence-electron chi connectivity index (χ2n) is 7.58. The Morgan fingerprint density at radius 2 is 1.55 bits per heavy atom. The largest absolute Gasteiger partial charge is 0.354 e. The second-order valence-corrected chi connectivity index (χ2v) is 7.58. The van der Waals surface area contributed by atoms with E-state index in [0.717, 1.165) is 6.42 Å². The van der Waals surface area contributed by atoms with Crippen molar-refractivity contribution in [2.75, 3.05) is 6.54 Å². The van der Waals surface area contributed by atoms with Gasteiger partial charge in [-0.3, -0.25) is 14.9 Å². The van der Waals surface area contributed by atoms with Gasteiger partial charge < -0.3 is 5.32 Å². The van der Waals surface area contributed by atoms with Crippen molar-refractivity contribution in [3.63, 3.8) is 0 Å². The maximum atomic E-state index is 12.5. The predicted octanol–water partition coefficient (Wildman–Crippen LogP) is 4.19. The van der Waals surface area contributed by atoms with Gasteiger partial charge in [-0.25, -0.2) is 9.67 Å². The minimum absolute atomic E-state index is 0.00173. The van der Waals surface area contributed by atoms with Gasteiger partial charge in [0.2, 0.25) is 5.91 Å². The Labute approximate surface area is 191 Å². The molecule has 0 unspecified atom stereocenters. The maximum Gasteiger partial charge on any atom is 0.269 e. The highest BCUT2D eigenvalue weighted by Crippen LogP contribution is 2.27. The van der Waals surface area contributed by atoms with Crippen LogP contribution in [0.25, 0.3) is 11.4 Å². The molecule has 1 amide bonds. The van der Waals surface area contributed by atoms with E-state index in [4.69, 9.17) is 0 Å². The SMILES string of the molecule is O=C(Cn1cnc(-c2ccc([N+](=O)[O-])cc2)n1)NCCC(c1ccccc1)c1ccccc1. The van der Waals surface area contributed by atoms with E-state index in [1.54, 1.807) is 12.1 Å². The van der Waals surface area contributed by atoms with E-state index in [-0.39, 0.29) is 24.1 Å². The lowest BCUT2D eigenvalue weighted by atomic mass is 9.88. The number of carbonyl (C=O) groups excluding carboxylic acids is 1. The molecule has 33 heavy (non-hydrogen) atoms. The molecule has 0 spiro atoms. The van der Waals surface area contributed by atoms with Crippen molar-refractivity contribution in [3.05, 3.63) is 112 Å². The molecule has 8 heteroatoms. The zero-order chi connectivity index (χ0) is 23.0. The number of nitro groups is 1. The quantitative estimate of drug-likeness (QED) is 0.310. The highest BCUT2D eigenvalue weighted by molar-refractivity contribution is 5.75. The topological polar surface area (TPSA) is 103 Å². The Morgan fingerprint density at radius 3 is 2.12 bits per heavy atom. The van der Waals surface area contributed by atoms with Crippen LogP contribution in [0.4, 0.5) is 5.69 Å². The molecule has 4 aromatic rings. The van der Waals surface area contributed by atoms with Gasteiger partial charge in [0, 0.05) is 30.2 Å². The first-order valence-corrected chi connectivity index (χ1v) is 10.6. The summed E-state index contributed by atoms with van der Waals surface area (Å²) in [5.74, 6) is 0.439. The molecule has 0 saturated heterocycles. The number of hydrogen-bond acceptors (Lipinski definition) is 5. The zero-order valence-corrected chi connectivity index (χ0v) is 17.9. The van der Waals surface area contributed by atoms with Crippen LogP contribution in [0, 0.1) is 10.1 Å². The van der Waals surface area contributed by atoms with Crippen molar-refractivity contribution in [2.45, 2.75) is 18.9 Å². The number of hydrogen-bond donors (Lipinski definition) is 1. The van der Waals surface area contributed by atoms with Crippen LogP contribution in [-0.4, -0.2) is 32.1 Å². The minimum Gasteiger partial charge on any atom is -0.354 e. The molecule has 4 rings (SSSR count). The molecule has 0 aliphatic heterocycles. The summed E-state index contributed by atoms with van der Waals surface area (Å²) < 4.78 is 1.46. The summed E-state index contributed by atoms with van der Waals surface area (Å²) in [6.45, 7) is 0.568. The summed E-state index contributed by atoms with van der Waals surface area (Å²) in [6.07, 6.45) is 2.25. The van der Waals surface area contributed by atoms with Gasteiger partial charge >= 0.3 is 0 Å². The van der Waals surface area contributed by atoms with Crippen molar-refractivity contribution in [1.82, 2.24) is 20.1 Å². The average Bonchev–Trinajstić information content (AvgIpc) is 3.31. The van der Waals surface area contributed by atoms with Crippen LogP contribution >= 0.6 is 0 Å². The highest BCUT2D eigenvalue weighted by atomic mass is 16.6. The van der Waals surface area contributed by atoms with E-state index >= 15 is 0 Å². The number of nitrogens with one attached hydrogen (secondary N) is 1. The number of non-ortho nitro benzene ring substituents is 1. The fourth-order valence-electron chi connectivity index (χ4n) is 3.69. The Balaban J connectivity index is 1.34. The van der Waals surface area contributed by atoms with Gasteiger partial charge in [0.25, 0.3) is 5.69 Å². The van der Waals surface area contributed by atoms with Crippen LogP contribution in [-0.2, 0) is 11.3 Å². The van der Waals surface area contributed by atoms with Gasteiger partial charge in [0.15, 0.2) is 5.82 Å². The number of amides is 1. The van der Waals surface area contributed by atoms with Crippen molar-refractivity contribution >= 4 is 11.6 Å². The summed E-state index contributed by atoms with van der Waals surface area (Å²) >= 11 is 0. The van der Waals surface area contributed by atoms with E-state index in [2.05, 4.69) is 39.7 Å². The van der Waals surface area contributed by atoms with Gasteiger partial charge in [-0.2, -0.15) is 5.10 Å². The predicted molar refractivity (Wildman–Crippen MR) is 124 cm³/mol. The first-order valence-electron chi connectivity index (χ1n) is 10.6. The third-order valence-corrected chi connectivity index (χ3v) is 5.34. The van der Waals surface area contributed by atoms with Gasteiger partial charge in [-0.15, -0.1) is 0 Å². The molecule has 0 fully saturated rings.